The van der Waals surface area contributed by atoms with E-state index in [1.165, 1.54) is 22.2 Å². The smallest absolute Gasteiger partial charge is 0.325 e. The van der Waals surface area contributed by atoms with E-state index in [2.05, 4.69) is 21.0 Å². The summed E-state index contributed by atoms with van der Waals surface area (Å²) in [6.45, 7) is 1.48. The van der Waals surface area contributed by atoms with Crippen molar-refractivity contribution in [3.8, 4) is 0 Å². The van der Waals surface area contributed by atoms with Crippen LogP contribution in [0.1, 0.15) is 23.8 Å². The van der Waals surface area contributed by atoms with Gasteiger partial charge in [0.2, 0.25) is 5.91 Å². The lowest BCUT2D eigenvalue weighted by molar-refractivity contribution is -0.135. The van der Waals surface area contributed by atoms with Gasteiger partial charge in [0.15, 0.2) is 0 Å². The van der Waals surface area contributed by atoms with Crippen LogP contribution in [0.25, 0.3) is 0 Å². The first kappa shape index (κ1) is 19.5. The second-order valence-corrected chi connectivity index (χ2v) is 7.33. The van der Waals surface area contributed by atoms with Gasteiger partial charge in [0.25, 0.3) is 5.91 Å². The number of hydrogen-bond donors (Lipinski definition) is 3. The molecule has 11 heteroatoms. The van der Waals surface area contributed by atoms with Crippen LogP contribution in [-0.2, 0) is 28.7 Å². The minimum absolute atomic E-state index is 0.278. The molecule has 0 saturated carbocycles. The molecule has 3 N–H and O–H groups in total. The molecule has 0 radical (unpaired) electrons. The molecule has 1 aliphatic heterocycles. The third-order valence-electron chi connectivity index (χ3n) is 4.46. The van der Waals surface area contributed by atoms with Gasteiger partial charge in [-0.25, -0.2) is 9.59 Å². The van der Waals surface area contributed by atoms with Crippen LogP contribution in [0.4, 0.5) is 9.59 Å². The average Bonchev–Trinajstić information content (AvgIpc) is 3.37. The fourth-order valence-corrected chi connectivity index (χ4v) is 3.63. The molecule has 2 aromatic rings. The molecule has 0 spiro atoms. The molecule has 1 atom stereocenters. The number of hydrogen-bond acceptors (Lipinski definition) is 6. The van der Waals surface area contributed by atoms with Gasteiger partial charge in [-0.05, 0) is 17.9 Å². The number of imide groups is 2. The number of urea groups is 2. The molecule has 148 valence electrons. The fourth-order valence-electron chi connectivity index (χ4n) is 2.99. The van der Waals surface area contributed by atoms with Gasteiger partial charge in [-0.15, -0.1) is 11.3 Å². The predicted molar refractivity (Wildman–Crippen MR) is 100 cm³/mol. The lowest BCUT2D eigenvalue weighted by atomic mass is 9.89. The van der Waals surface area contributed by atoms with Gasteiger partial charge >= 0.3 is 12.1 Å². The number of carbonyl (C=O) groups is 4. The van der Waals surface area contributed by atoms with Crippen LogP contribution in [0, 0.1) is 0 Å². The van der Waals surface area contributed by atoms with Crippen molar-refractivity contribution in [2.45, 2.75) is 25.4 Å². The highest BCUT2D eigenvalue weighted by atomic mass is 32.1. The van der Waals surface area contributed by atoms with Gasteiger partial charge in [0.1, 0.15) is 12.1 Å². The number of aromatic nitrogens is 2. The van der Waals surface area contributed by atoms with Gasteiger partial charge in [-0.3, -0.25) is 24.5 Å². The van der Waals surface area contributed by atoms with Crippen molar-refractivity contribution in [2.24, 2.45) is 7.05 Å². The zero-order valence-electron chi connectivity index (χ0n) is 15.4. The Morgan fingerprint density at radius 2 is 2.14 bits per heavy atom. The van der Waals surface area contributed by atoms with E-state index in [4.69, 9.17) is 0 Å². The summed E-state index contributed by atoms with van der Waals surface area (Å²) in [5.74, 6) is -1.31. The van der Waals surface area contributed by atoms with E-state index >= 15 is 0 Å². The molecule has 0 unspecified atom stereocenters. The summed E-state index contributed by atoms with van der Waals surface area (Å²) in [4.78, 5) is 51.0. The normalized spacial score (nSPS) is 18.9. The Balaban J connectivity index is 1.62. The topological polar surface area (TPSA) is 125 Å². The van der Waals surface area contributed by atoms with Crippen LogP contribution >= 0.6 is 11.3 Å². The largest absolute Gasteiger partial charge is 0.333 e. The number of thiophene rings is 1. The van der Waals surface area contributed by atoms with Crippen molar-refractivity contribution < 1.29 is 19.2 Å². The average molecular weight is 404 g/mol. The summed E-state index contributed by atoms with van der Waals surface area (Å²) in [7, 11) is 1.70. The number of amides is 6. The van der Waals surface area contributed by atoms with Crippen LogP contribution in [0.2, 0.25) is 0 Å². The molecular weight excluding hydrogens is 384 g/mol. The SMILES string of the molecule is CC[C@@]1(c2cnn(C)c2)NC(=O)N(CC(=O)NC(=O)NCc2cccs2)C1=O. The molecule has 1 saturated heterocycles. The van der Waals surface area contributed by atoms with Crippen molar-refractivity contribution in [3.63, 3.8) is 0 Å². The van der Waals surface area contributed by atoms with E-state index in [-0.39, 0.29) is 6.54 Å². The molecule has 2 aromatic heterocycles. The van der Waals surface area contributed by atoms with Crippen LogP contribution in [0.3, 0.4) is 0 Å². The molecule has 3 heterocycles. The van der Waals surface area contributed by atoms with Crippen LogP contribution < -0.4 is 16.0 Å². The molecular formula is C17H20N6O4S. The zero-order valence-corrected chi connectivity index (χ0v) is 16.2. The van der Waals surface area contributed by atoms with Gasteiger partial charge < -0.3 is 10.6 Å². The third kappa shape index (κ3) is 3.74. The maximum Gasteiger partial charge on any atom is 0.325 e. The first-order valence-corrected chi connectivity index (χ1v) is 9.47. The van der Waals surface area contributed by atoms with E-state index in [1.807, 2.05) is 17.5 Å². The summed E-state index contributed by atoms with van der Waals surface area (Å²) in [5.41, 5.74) is -0.736. The first-order valence-electron chi connectivity index (χ1n) is 8.59. The number of rotatable bonds is 6. The third-order valence-corrected chi connectivity index (χ3v) is 5.34. The van der Waals surface area contributed by atoms with Crippen molar-refractivity contribution in [2.75, 3.05) is 6.54 Å². The fraction of sp³-hybridized carbons (Fsp3) is 0.353. The first-order chi connectivity index (χ1) is 13.4. The lowest BCUT2D eigenvalue weighted by Crippen LogP contribution is -2.47. The second-order valence-electron chi connectivity index (χ2n) is 6.29. The highest BCUT2D eigenvalue weighted by Crippen LogP contribution is 2.31. The quantitative estimate of drug-likeness (QED) is 0.610. The van der Waals surface area contributed by atoms with Crippen molar-refractivity contribution in [3.05, 3.63) is 40.3 Å². The molecule has 10 nitrogen and oxygen atoms in total. The summed E-state index contributed by atoms with van der Waals surface area (Å²) < 4.78 is 1.53. The highest BCUT2D eigenvalue weighted by Gasteiger charge is 2.52. The van der Waals surface area contributed by atoms with Gasteiger partial charge in [0.05, 0.1) is 12.7 Å². The van der Waals surface area contributed by atoms with Crippen LogP contribution in [0.15, 0.2) is 29.9 Å². The van der Waals surface area contributed by atoms with E-state index in [9.17, 15) is 19.2 Å². The molecule has 0 aliphatic carbocycles. The standard InChI is InChI=1S/C17H20N6O4S/c1-3-17(11-7-19-22(2)9-11)14(25)23(16(27)21-17)10-13(24)20-15(26)18-8-12-5-4-6-28-12/h4-7,9H,3,8,10H2,1-2H3,(H,21,27)(H2,18,20,24,26)/t17-/m0/s1. The Bertz CT molecular complexity index is 909. The van der Waals surface area contributed by atoms with E-state index < -0.39 is 36.0 Å². The van der Waals surface area contributed by atoms with E-state index in [0.717, 1.165) is 9.78 Å². The molecule has 1 fully saturated rings. The van der Waals surface area contributed by atoms with E-state index in [0.29, 0.717) is 12.0 Å². The Labute approximate surface area is 164 Å². The number of nitrogens with one attached hydrogen (secondary N) is 3. The van der Waals surface area contributed by atoms with E-state index in [1.54, 1.807) is 20.2 Å². The van der Waals surface area contributed by atoms with Crippen molar-refractivity contribution in [1.29, 1.82) is 0 Å². The maximum absolute atomic E-state index is 12.9. The number of nitrogens with zero attached hydrogens (tertiary/aromatic N) is 3. The highest BCUT2D eigenvalue weighted by molar-refractivity contribution is 7.09. The van der Waals surface area contributed by atoms with Crippen molar-refractivity contribution in [1.82, 2.24) is 30.6 Å². The minimum atomic E-state index is -1.27. The van der Waals surface area contributed by atoms with Gasteiger partial charge in [0, 0.05) is 23.7 Å². The molecule has 0 bridgehead atoms. The Hall–Kier alpha value is -3.21. The van der Waals surface area contributed by atoms with Crippen LogP contribution in [-0.4, -0.2) is 45.1 Å². The maximum atomic E-state index is 12.9. The zero-order chi connectivity index (χ0) is 20.3. The molecule has 1 aliphatic rings. The number of carbonyl (C=O) groups excluding carboxylic acids is 4. The van der Waals surface area contributed by atoms with Crippen molar-refractivity contribution >= 4 is 35.2 Å². The Morgan fingerprint density at radius 1 is 1.36 bits per heavy atom. The minimum Gasteiger partial charge on any atom is -0.333 e. The summed E-state index contributed by atoms with van der Waals surface area (Å²) in [6.07, 6.45) is 3.44. The van der Waals surface area contributed by atoms with Gasteiger partial charge in [-0.2, -0.15) is 5.10 Å². The molecule has 28 heavy (non-hydrogen) atoms. The summed E-state index contributed by atoms with van der Waals surface area (Å²) in [5, 5.41) is 13.2. The molecule has 3 rings (SSSR count). The summed E-state index contributed by atoms with van der Waals surface area (Å²) in [6, 6.07) is 2.32. The van der Waals surface area contributed by atoms with Gasteiger partial charge in [-0.1, -0.05) is 13.0 Å². The number of aryl methyl sites for hydroxylation is 1. The molecule has 0 aromatic carbocycles. The van der Waals surface area contributed by atoms with Crippen LogP contribution in [0.5, 0.6) is 0 Å². The monoisotopic (exact) mass is 404 g/mol. The summed E-state index contributed by atoms with van der Waals surface area (Å²) >= 11 is 1.47. The molecule has 6 amide bonds. The lowest BCUT2D eigenvalue weighted by Gasteiger charge is -2.23. The Kier molecular flexibility index (Phi) is 5.45. The second kappa shape index (κ2) is 7.80. The Morgan fingerprint density at radius 3 is 2.75 bits per heavy atom. The predicted octanol–water partition coefficient (Wildman–Crippen LogP) is 0.665.